The van der Waals surface area contributed by atoms with E-state index in [1.807, 2.05) is 36.4 Å². The normalized spacial score (nSPS) is 18.6. The van der Waals surface area contributed by atoms with E-state index >= 15 is 0 Å². The van der Waals surface area contributed by atoms with Gasteiger partial charge in [0.25, 0.3) is 0 Å². The summed E-state index contributed by atoms with van der Waals surface area (Å²) in [5, 5.41) is 5.07. The van der Waals surface area contributed by atoms with Crippen molar-refractivity contribution >= 4 is 22.6 Å². The number of rotatable bonds is 2. The molecule has 4 heteroatoms. The number of hydrogen-bond donors (Lipinski definition) is 1. The maximum absolute atomic E-state index is 12.4. The van der Waals surface area contributed by atoms with E-state index in [9.17, 15) is 9.59 Å². The number of amides is 2. The van der Waals surface area contributed by atoms with Gasteiger partial charge in [-0.05, 0) is 23.3 Å². The average molecular weight is 282 g/mol. The first-order valence-corrected chi connectivity index (χ1v) is 7.20. The number of nitrogens with one attached hydrogen (secondary N) is 1. The molecule has 0 saturated carbocycles. The van der Waals surface area contributed by atoms with Crippen molar-refractivity contribution in [2.45, 2.75) is 19.4 Å². The van der Waals surface area contributed by atoms with Crippen molar-refractivity contribution in [3.8, 4) is 0 Å². The van der Waals surface area contributed by atoms with Gasteiger partial charge in [0, 0.05) is 13.1 Å². The van der Waals surface area contributed by atoms with Crippen molar-refractivity contribution in [1.82, 2.24) is 10.2 Å². The van der Waals surface area contributed by atoms with Crippen LogP contribution in [0.25, 0.3) is 10.8 Å². The Morgan fingerprint density at radius 3 is 2.81 bits per heavy atom. The van der Waals surface area contributed by atoms with Crippen LogP contribution in [0.2, 0.25) is 0 Å². The standard InChI is InChI=1S/C17H18N2O2/c1-12-17(21)18-8-9-19(12)16(20)11-13-6-7-14-4-2-3-5-15(14)10-13/h2-7,10,12H,8-9,11H2,1H3,(H,18,21)/t12-/m1/s1. The second-order valence-electron chi connectivity index (χ2n) is 5.41. The lowest BCUT2D eigenvalue weighted by Crippen LogP contribution is -2.56. The highest BCUT2D eigenvalue weighted by Crippen LogP contribution is 2.17. The van der Waals surface area contributed by atoms with Crippen molar-refractivity contribution < 1.29 is 9.59 Å². The molecule has 1 N–H and O–H groups in total. The topological polar surface area (TPSA) is 49.4 Å². The molecule has 3 rings (SSSR count). The number of carbonyl (C=O) groups is 2. The first-order chi connectivity index (χ1) is 10.1. The van der Waals surface area contributed by atoms with Crippen LogP contribution >= 0.6 is 0 Å². The Morgan fingerprint density at radius 2 is 2.00 bits per heavy atom. The highest BCUT2D eigenvalue weighted by atomic mass is 16.2. The van der Waals surface area contributed by atoms with Crippen molar-refractivity contribution in [3.63, 3.8) is 0 Å². The minimum Gasteiger partial charge on any atom is -0.353 e. The summed E-state index contributed by atoms with van der Waals surface area (Å²) >= 11 is 0. The van der Waals surface area contributed by atoms with E-state index in [1.54, 1.807) is 11.8 Å². The van der Waals surface area contributed by atoms with Crippen LogP contribution in [0.1, 0.15) is 12.5 Å². The Morgan fingerprint density at radius 1 is 1.24 bits per heavy atom. The summed E-state index contributed by atoms with van der Waals surface area (Å²) in [5.41, 5.74) is 0.983. The van der Waals surface area contributed by atoms with E-state index < -0.39 is 0 Å². The van der Waals surface area contributed by atoms with Gasteiger partial charge in [-0.3, -0.25) is 9.59 Å². The molecule has 1 saturated heterocycles. The Labute approximate surface area is 123 Å². The van der Waals surface area contributed by atoms with Gasteiger partial charge < -0.3 is 10.2 Å². The Hall–Kier alpha value is -2.36. The summed E-state index contributed by atoms with van der Waals surface area (Å²) in [7, 11) is 0. The predicted molar refractivity (Wildman–Crippen MR) is 81.8 cm³/mol. The molecular weight excluding hydrogens is 264 g/mol. The number of hydrogen-bond acceptors (Lipinski definition) is 2. The van der Waals surface area contributed by atoms with Gasteiger partial charge >= 0.3 is 0 Å². The van der Waals surface area contributed by atoms with E-state index in [2.05, 4.69) is 11.4 Å². The fourth-order valence-corrected chi connectivity index (χ4v) is 2.75. The zero-order chi connectivity index (χ0) is 14.8. The zero-order valence-corrected chi connectivity index (χ0v) is 12.0. The van der Waals surface area contributed by atoms with Gasteiger partial charge in [-0.25, -0.2) is 0 Å². The lowest BCUT2D eigenvalue weighted by atomic mass is 10.0. The molecule has 0 unspecified atom stereocenters. The maximum Gasteiger partial charge on any atom is 0.242 e. The molecule has 1 atom stereocenters. The highest BCUT2D eigenvalue weighted by molar-refractivity contribution is 5.90. The summed E-state index contributed by atoms with van der Waals surface area (Å²) in [5.74, 6) is -0.0688. The van der Waals surface area contributed by atoms with Crippen molar-refractivity contribution in [2.75, 3.05) is 13.1 Å². The van der Waals surface area contributed by atoms with Crippen LogP contribution in [-0.2, 0) is 16.0 Å². The second-order valence-corrected chi connectivity index (χ2v) is 5.41. The molecule has 1 fully saturated rings. The smallest absolute Gasteiger partial charge is 0.242 e. The third-order valence-electron chi connectivity index (χ3n) is 3.99. The number of nitrogens with zero attached hydrogens (tertiary/aromatic N) is 1. The van der Waals surface area contributed by atoms with Crippen LogP contribution in [-0.4, -0.2) is 35.8 Å². The molecule has 0 aromatic heterocycles. The van der Waals surface area contributed by atoms with Gasteiger partial charge in [0.05, 0.1) is 6.42 Å². The first kappa shape index (κ1) is 13.6. The molecule has 2 amide bonds. The number of piperazine rings is 1. The molecule has 21 heavy (non-hydrogen) atoms. The second kappa shape index (κ2) is 5.56. The van der Waals surface area contributed by atoms with Crippen LogP contribution in [0.15, 0.2) is 42.5 Å². The SMILES string of the molecule is C[C@@H]1C(=O)NCCN1C(=O)Cc1ccc2ccccc2c1. The predicted octanol–water partition coefficient (Wildman–Crippen LogP) is 1.73. The van der Waals surface area contributed by atoms with Crippen LogP contribution < -0.4 is 5.32 Å². The average Bonchev–Trinajstić information content (AvgIpc) is 2.50. The molecule has 2 aromatic rings. The van der Waals surface area contributed by atoms with Gasteiger partial charge in [-0.15, -0.1) is 0 Å². The summed E-state index contributed by atoms with van der Waals surface area (Å²) in [6.45, 7) is 2.89. The molecule has 0 radical (unpaired) electrons. The Bertz CT molecular complexity index is 696. The minimum atomic E-state index is -0.383. The van der Waals surface area contributed by atoms with Gasteiger partial charge in [0.1, 0.15) is 6.04 Å². The summed E-state index contributed by atoms with van der Waals surface area (Å²) in [6, 6.07) is 13.8. The van der Waals surface area contributed by atoms with Gasteiger partial charge in [0.15, 0.2) is 0 Å². The minimum absolute atomic E-state index is 0.00707. The quantitative estimate of drug-likeness (QED) is 0.912. The molecule has 1 heterocycles. The Balaban J connectivity index is 1.78. The molecule has 0 aliphatic carbocycles. The van der Waals surface area contributed by atoms with E-state index in [4.69, 9.17) is 0 Å². The fraction of sp³-hybridized carbons (Fsp3) is 0.294. The fourth-order valence-electron chi connectivity index (χ4n) is 2.75. The molecule has 1 aliphatic rings. The summed E-state index contributed by atoms with van der Waals surface area (Å²) in [4.78, 5) is 25.7. The third-order valence-corrected chi connectivity index (χ3v) is 3.99. The van der Waals surface area contributed by atoms with E-state index in [0.717, 1.165) is 10.9 Å². The van der Waals surface area contributed by atoms with Crippen LogP contribution in [0.3, 0.4) is 0 Å². The van der Waals surface area contributed by atoms with E-state index in [1.165, 1.54) is 5.39 Å². The van der Waals surface area contributed by atoms with Gasteiger partial charge in [-0.2, -0.15) is 0 Å². The van der Waals surface area contributed by atoms with Crippen LogP contribution in [0, 0.1) is 0 Å². The van der Waals surface area contributed by atoms with Crippen molar-refractivity contribution in [3.05, 3.63) is 48.0 Å². The molecule has 4 nitrogen and oxygen atoms in total. The van der Waals surface area contributed by atoms with E-state index in [-0.39, 0.29) is 17.9 Å². The van der Waals surface area contributed by atoms with Crippen LogP contribution in [0.5, 0.6) is 0 Å². The molecular formula is C17H18N2O2. The zero-order valence-electron chi connectivity index (χ0n) is 12.0. The molecule has 1 aliphatic heterocycles. The van der Waals surface area contributed by atoms with Crippen LogP contribution in [0.4, 0.5) is 0 Å². The van der Waals surface area contributed by atoms with Gasteiger partial charge in [0.2, 0.25) is 11.8 Å². The lowest BCUT2D eigenvalue weighted by molar-refractivity contribution is -0.142. The molecule has 108 valence electrons. The molecule has 0 bridgehead atoms. The lowest BCUT2D eigenvalue weighted by Gasteiger charge is -2.32. The first-order valence-electron chi connectivity index (χ1n) is 7.20. The number of benzene rings is 2. The maximum atomic E-state index is 12.4. The molecule has 0 spiro atoms. The summed E-state index contributed by atoms with van der Waals surface area (Å²) < 4.78 is 0. The van der Waals surface area contributed by atoms with E-state index in [0.29, 0.717) is 19.5 Å². The van der Waals surface area contributed by atoms with Crippen molar-refractivity contribution in [1.29, 1.82) is 0 Å². The third kappa shape index (κ3) is 2.75. The highest BCUT2D eigenvalue weighted by Gasteiger charge is 2.28. The largest absolute Gasteiger partial charge is 0.353 e. The number of carbonyl (C=O) groups excluding carboxylic acids is 2. The number of fused-ring (bicyclic) bond motifs is 1. The van der Waals surface area contributed by atoms with Gasteiger partial charge in [-0.1, -0.05) is 42.5 Å². The van der Waals surface area contributed by atoms with Crippen molar-refractivity contribution in [2.24, 2.45) is 0 Å². The summed E-state index contributed by atoms with van der Waals surface area (Å²) in [6.07, 6.45) is 0.336. The monoisotopic (exact) mass is 282 g/mol. The Kier molecular flexibility index (Phi) is 3.60. The molecule has 2 aromatic carbocycles.